The predicted octanol–water partition coefficient (Wildman–Crippen LogP) is 4.66. The van der Waals surface area contributed by atoms with E-state index in [4.69, 9.17) is 9.47 Å². The number of aryl methyl sites for hydroxylation is 1. The van der Waals surface area contributed by atoms with E-state index >= 15 is 0 Å². The molecule has 6 nitrogen and oxygen atoms in total. The second-order valence-corrected chi connectivity index (χ2v) is 6.09. The van der Waals surface area contributed by atoms with Gasteiger partial charge in [-0.1, -0.05) is 25.1 Å². The predicted molar refractivity (Wildman–Crippen MR) is 111 cm³/mol. The van der Waals surface area contributed by atoms with Gasteiger partial charge in [0.2, 0.25) is 0 Å². The number of carbonyl (C=O) groups excluding carboxylic acids is 1. The number of nitrogens with one attached hydrogen (secondary N) is 2. The van der Waals surface area contributed by atoms with E-state index in [1.54, 1.807) is 38.6 Å². The van der Waals surface area contributed by atoms with Crippen molar-refractivity contribution in [3.8, 4) is 11.5 Å². The molecule has 0 aliphatic heterocycles. The molecule has 0 unspecified atom stereocenters. The van der Waals surface area contributed by atoms with Crippen LogP contribution in [-0.4, -0.2) is 25.1 Å². The van der Waals surface area contributed by atoms with Gasteiger partial charge in [-0.3, -0.25) is 4.79 Å². The normalized spacial score (nSPS) is 10.2. The zero-order chi connectivity index (χ0) is 19.9. The SMILES string of the molecule is CCc1ccccc1NC(=O)c1ccnc(Nc2cc(OC)ccc2OC)c1. The van der Waals surface area contributed by atoms with Gasteiger partial charge in [-0.25, -0.2) is 4.98 Å². The number of hydrogen-bond acceptors (Lipinski definition) is 5. The molecule has 0 atom stereocenters. The summed E-state index contributed by atoms with van der Waals surface area (Å²) >= 11 is 0. The number of hydrogen-bond donors (Lipinski definition) is 2. The van der Waals surface area contributed by atoms with E-state index in [1.807, 2.05) is 36.4 Å². The molecule has 1 aromatic heterocycles. The van der Waals surface area contributed by atoms with E-state index in [9.17, 15) is 4.79 Å². The van der Waals surface area contributed by atoms with Crippen LogP contribution in [0.5, 0.6) is 11.5 Å². The average Bonchev–Trinajstić information content (AvgIpc) is 2.74. The standard InChI is InChI=1S/C22H23N3O3/c1-4-15-7-5-6-8-18(15)25-22(26)16-11-12-23-21(13-16)24-19-14-17(27-2)9-10-20(19)28-3/h5-14H,4H2,1-3H3,(H,23,24)(H,25,26). The average molecular weight is 377 g/mol. The van der Waals surface area contributed by atoms with Crippen molar-refractivity contribution < 1.29 is 14.3 Å². The van der Waals surface area contributed by atoms with Crippen molar-refractivity contribution in [3.05, 3.63) is 71.9 Å². The Morgan fingerprint density at radius 1 is 1.00 bits per heavy atom. The minimum Gasteiger partial charge on any atom is -0.497 e. The van der Waals surface area contributed by atoms with Crippen LogP contribution in [-0.2, 0) is 6.42 Å². The van der Waals surface area contributed by atoms with Crippen LogP contribution < -0.4 is 20.1 Å². The van der Waals surface area contributed by atoms with E-state index < -0.39 is 0 Å². The maximum Gasteiger partial charge on any atom is 0.255 e. The zero-order valence-electron chi connectivity index (χ0n) is 16.2. The number of aromatic nitrogens is 1. The number of amides is 1. The lowest BCUT2D eigenvalue weighted by atomic mass is 10.1. The Morgan fingerprint density at radius 2 is 1.82 bits per heavy atom. The van der Waals surface area contributed by atoms with Gasteiger partial charge in [0.1, 0.15) is 17.3 Å². The molecule has 2 N–H and O–H groups in total. The number of methoxy groups -OCH3 is 2. The van der Waals surface area contributed by atoms with Crippen molar-refractivity contribution in [2.45, 2.75) is 13.3 Å². The minimum absolute atomic E-state index is 0.191. The van der Waals surface area contributed by atoms with Crippen LogP contribution in [0.1, 0.15) is 22.8 Å². The largest absolute Gasteiger partial charge is 0.497 e. The summed E-state index contributed by atoms with van der Waals surface area (Å²) in [5.74, 6) is 1.68. The first-order valence-electron chi connectivity index (χ1n) is 8.99. The van der Waals surface area contributed by atoms with Crippen LogP contribution in [0, 0.1) is 0 Å². The maximum absolute atomic E-state index is 12.7. The molecule has 1 heterocycles. The lowest BCUT2D eigenvalue weighted by Gasteiger charge is -2.13. The van der Waals surface area contributed by atoms with Gasteiger partial charge in [0.25, 0.3) is 5.91 Å². The molecule has 2 aromatic carbocycles. The molecule has 1 amide bonds. The van der Waals surface area contributed by atoms with Gasteiger partial charge in [0, 0.05) is 23.5 Å². The number of benzene rings is 2. The molecule has 0 radical (unpaired) electrons. The first kappa shape index (κ1) is 19.2. The van der Waals surface area contributed by atoms with E-state index in [0.717, 1.165) is 17.7 Å². The summed E-state index contributed by atoms with van der Waals surface area (Å²) in [5.41, 5.74) is 3.11. The molecular weight excluding hydrogens is 354 g/mol. The second kappa shape index (κ2) is 8.90. The molecule has 3 aromatic rings. The lowest BCUT2D eigenvalue weighted by Crippen LogP contribution is -2.13. The van der Waals surface area contributed by atoms with Gasteiger partial charge in [-0.15, -0.1) is 0 Å². The maximum atomic E-state index is 12.7. The highest BCUT2D eigenvalue weighted by atomic mass is 16.5. The highest BCUT2D eigenvalue weighted by Gasteiger charge is 2.11. The van der Waals surface area contributed by atoms with Gasteiger partial charge >= 0.3 is 0 Å². The molecule has 0 bridgehead atoms. The van der Waals surface area contributed by atoms with Gasteiger partial charge in [-0.05, 0) is 42.3 Å². The van der Waals surface area contributed by atoms with E-state index in [-0.39, 0.29) is 5.91 Å². The molecule has 6 heteroatoms. The first-order chi connectivity index (χ1) is 13.6. The van der Waals surface area contributed by atoms with E-state index in [2.05, 4.69) is 22.5 Å². The summed E-state index contributed by atoms with van der Waals surface area (Å²) in [4.78, 5) is 17.0. The van der Waals surface area contributed by atoms with Gasteiger partial charge < -0.3 is 20.1 Å². The number of carbonyl (C=O) groups is 1. The number of pyridine rings is 1. The Kier molecular flexibility index (Phi) is 6.11. The monoisotopic (exact) mass is 377 g/mol. The highest BCUT2D eigenvalue weighted by Crippen LogP contribution is 2.31. The number of ether oxygens (including phenoxy) is 2. The summed E-state index contributed by atoms with van der Waals surface area (Å²) in [6.07, 6.45) is 2.44. The molecule has 0 aliphatic carbocycles. The van der Waals surface area contributed by atoms with Crippen LogP contribution in [0.15, 0.2) is 60.8 Å². The zero-order valence-corrected chi connectivity index (χ0v) is 16.2. The Balaban J connectivity index is 1.82. The first-order valence-corrected chi connectivity index (χ1v) is 8.99. The molecule has 3 rings (SSSR count). The molecule has 0 saturated carbocycles. The Labute approximate surface area is 164 Å². The van der Waals surface area contributed by atoms with Crippen molar-refractivity contribution in [2.24, 2.45) is 0 Å². The van der Waals surface area contributed by atoms with Crippen molar-refractivity contribution in [1.29, 1.82) is 0 Å². The minimum atomic E-state index is -0.191. The molecular formula is C22H23N3O3. The molecule has 0 spiro atoms. The Bertz CT molecular complexity index is 973. The molecule has 0 aliphatic rings. The Morgan fingerprint density at radius 3 is 2.57 bits per heavy atom. The van der Waals surface area contributed by atoms with Crippen LogP contribution in [0.2, 0.25) is 0 Å². The van der Waals surface area contributed by atoms with Crippen molar-refractivity contribution in [1.82, 2.24) is 4.98 Å². The van der Waals surface area contributed by atoms with Gasteiger partial charge in [0.15, 0.2) is 0 Å². The van der Waals surface area contributed by atoms with Crippen molar-refractivity contribution >= 4 is 23.1 Å². The number of para-hydroxylation sites is 1. The third-order valence-electron chi connectivity index (χ3n) is 4.34. The van der Waals surface area contributed by atoms with Crippen molar-refractivity contribution in [3.63, 3.8) is 0 Å². The fourth-order valence-corrected chi connectivity index (χ4v) is 2.83. The highest BCUT2D eigenvalue weighted by molar-refractivity contribution is 6.05. The summed E-state index contributed by atoms with van der Waals surface area (Å²) in [5, 5.41) is 6.15. The molecule has 28 heavy (non-hydrogen) atoms. The number of nitrogens with zero attached hydrogens (tertiary/aromatic N) is 1. The molecule has 0 fully saturated rings. The van der Waals surface area contributed by atoms with Crippen molar-refractivity contribution in [2.75, 3.05) is 24.9 Å². The summed E-state index contributed by atoms with van der Waals surface area (Å²) in [6.45, 7) is 2.06. The molecule has 0 saturated heterocycles. The van der Waals surface area contributed by atoms with E-state index in [1.165, 1.54) is 0 Å². The van der Waals surface area contributed by atoms with Crippen LogP contribution in [0.4, 0.5) is 17.2 Å². The summed E-state index contributed by atoms with van der Waals surface area (Å²) in [6, 6.07) is 16.6. The van der Waals surface area contributed by atoms with E-state index in [0.29, 0.717) is 28.6 Å². The third-order valence-corrected chi connectivity index (χ3v) is 4.34. The molecule has 144 valence electrons. The number of anilines is 3. The fourth-order valence-electron chi connectivity index (χ4n) is 2.83. The quantitative estimate of drug-likeness (QED) is 0.627. The summed E-state index contributed by atoms with van der Waals surface area (Å²) < 4.78 is 10.6. The van der Waals surface area contributed by atoms with Gasteiger partial charge in [-0.2, -0.15) is 0 Å². The summed E-state index contributed by atoms with van der Waals surface area (Å²) in [7, 11) is 3.19. The lowest BCUT2D eigenvalue weighted by molar-refractivity contribution is 0.102. The smallest absolute Gasteiger partial charge is 0.255 e. The van der Waals surface area contributed by atoms with Crippen LogP contribution in [0.25, 0.3) is 0 Å². The third kappa shape index (κ3) is 4.40. The number of rotatable bonds is 7. The second-order valence-electron chi connectivity index (χ2n) is 6.09. The Hall–Kier alpha value is -3.54. The van der Waals surface area contributed by atoms with Gasteiger partial charge in [0.05, 0.1) is 19.9 Å². The fraction of sp³-hybridized carbons (Fsp3) is 0.182. The topological polar surface area (TPSA) is 72.5 Å². The van der Waals surface area contributed by atoms with Crippen LogP contribution in [0.3, 0.4) is 0 Å². The van der Waals surface area contributed by atoms with Crippen LogP contribution >= 0.6 is 0 Å².